The van der Waals surface area contributed by atoms with E-state index in [1.54, 1.807) is 13.0 Å². The van der Waals surface area contributed by atoms with Crippen LogP contribution >= 0.6 is 11.3 Å². The molecule has 0 saturated carbocycles. The van der Waals surface area contributed by atoms with Gasteiger partial charge in [-0.1, -0.05) is 5.10 Å². The molecule has 0 bridgehead atoms. The lowest BCUT2D eigenvalue weighted by atomic mass is 10.0. The summed E-state index contributed by atoms with van der Waals surface area (Å²) in [5.41, 5.74) is 0.306. The first-order chi connectivity index (χ1) is 17.6. The Kier molecular flexibility index (Phi) is 7.01. The number of carbonyl (C=O) groups is 2. The number of carbonyl (C=O) groups excluding carboxylic acids is 1. The summed E-state index contributed by atoms with van der Waals surface area (Å²) in [6, 6.07) is 2.17. The monoisotopic (exact) mass is 534 g/mol. The number of alkyl halides is 3. The van der Waals surface area contributed by atoms with Gasteiger partial charge in [-0.15, -0.1) is 16.4 Å². The van der Waals surface area contributed by atoms with Gasteiger partial charge in [-0.3, -0.25) is 10.3 Å². The lowest BCUT2D eigenvalue weighted by Crippen LogP contribution is -2.28. The van der Waals surface area contributed by atoms with E-state index in [1.807, 2.05) is 0 Å². The Labute approximate surface area is 210 Å². The third-order valence-electron chi connectivity index (χ3n) is 4.79. The predicted molar refractivity (Wildman–Crippen MR) is 126 cm³/mol. The van der Waals surface area contributed by atoms with Crippen LogP contribution in [0.5, 0.6) is 0 Å². The van der Waals surface area contributed by atoms with Crippen LogP contribution < -0.4 is 15.5 Å². The highest BCUT2D eigenvalue weighted by molar-refractivity contribution is 7.13. The van der Waals surface area contributed by atoms with Gasteiger partial charge in [0, 0.05) is 54.3 Å². The Morgan fingerprint density at radius 2 is 1.89 bits per heavy atom. The number of aromatic nitrogens is 5. The van der Waals surface area contributed by atoms with E-state index >= 15 is 0 Å². The minimum absolute atomic E-state index is 0.0323. The van der Waals surface area contributed by atoms with Crippen molar-refractivity contribution < 1.29 is 32.3 Å². The van der Waals surface area contributed by atoms with Gasteiger partial charge in [0.2, 0.25) is 0 Å². The number of amides is 3. The van der Waals surface area contributed by atoms with Crippen LogP contribution in [0.2, 0.25) is 0 Å². The molecule has 0 aliphatic carbocycles. The quantitative estimate of drug-likeness (QED) is 0.321. The Bertz CT molecular complexity index is 1460. The lowest BCUT2D eigenvalue weighted by molar-refractivity contribution is -0.140. The average Bonchev–Trinajstić information content (AvgIpc) is 3.54. The summed E-state index contributed by atoms with van der Waals surface area (Å²) in [6.07, 6.45) is -1.74. The van der Waals surface area contributed by atoms with E-state index in [1.165, 1.54) is 31.7 Å². The van der Waals surface area contributed by atoms with Crippen molar-refractivity contribution in [3.8, 4) is 33.2 Å². The van der Waals surface area contributed by atoms with Crippen LogP contribution in [0.25, 0.3) is 33.2 Å². The van der Waals surface area contributed by atoms with Crippen LogP contribution in [0, 0.1) is 0 Å². The SMILES string of the molecule is CCNC(=O)Nc1cc(-c2nc(C(F)(F)F)cs2)c(-c2cncc(-c3nnc(N(C)C(=O)O)o3)c2)cn1. The van der Waals surface area contributed by atoms with Crippen LogP contribution in [0.15, 0.2) is 40.5 Å². The minimum Gasteiger partial charge on any atom is -0.465 e. The number of nitrogens with one attached hydrogen (secondary N) is 2. The van der Waals surface area contributed by atoms with E-state index in [4.69, 9.17) is 9.52 Å². The standard InChI is InChI=1S/C21H17F3N8O4S/c1-3-26-18(33)29-15-5-12(17-28-14(9-37-17)21(22,23)24)13(8-27-15)10-4-11(7-25-6-10)16-30-31-19(36-16)32(2)20(34)35/h4-9H,3H2,1-2H3,(H,34,35)(H2,26,27,29,33). The molecule has 4 aromatic heterocycles. The fourth-order valence-electron chi connectivity index (χ4n) is 3.03. The third kappa shape index (κ3) is 5.64. The summed E-state index contributed by atoms with van der Waals surface area (Å²) < 4.78 is 45.1. The number of halogens is 3. The van der Waals surface area contributed by atoms with Gasteiger partial charge in [0.05, 0.1) is 5.56 Å². The Morgan fingerprint density at radius 3 is 2.57 bits per heavy atom. The molecule has 4 aromatic rings. The molecule has 37 heavy (non-hydrogen) atoms. The summed E-state index contributed by atoms with van der Waals surface area (Å²) in [7, 11) is 1.23. The molecule has 192 valence electrons. The fourth-order valence-corrected chi connectivity index (χ4v) is 3.89. The third-order valence-corrected chi connectivity index (χ3v) is 5.67. The maximum atomic E-state index is 13.2. The zero-order chi connectivity index (χ0) is 26.7. The first-order valence-electron chi connectivity index (χ1n) is 10.4. The second-order valence-corrected chi connectivity index (χ2v) is 8.19. The smallest absolute Gasteiger partial charge is 0.434 e. The molecule has 16 heteroatoms. The van der Waals surface area contributed by atoms with Crippen LogP contribution in [0.4, 0.5) is 34.6 Å². The van der Waals surface area contributed by atoms with Crippen LogP contribution in [0.1, 0.15) is 12.6 Å². The molecule has 0 unspecified atom stereocenters. The highest BCUT2D eigenvalue weighted by Crippen LogP contribution is 2.39. The van der Waals surface area contributed by atoms with E-state index < -0.39 is 24.0 Å². The number of thiazole rings is 1. The van der Waals surface area contributed by atoms with Gasteiger partial charge in [-0.05, 0) is 19.1 Å². The molecular weight excluding hydrogens is 517 g/mol. The summed E-state index contributed by atoms with van der Waals surface area (Å²) in [4.78, 5) is 35.9. The molecule has 0 aromatic carbocycles. The number of pyridine rings is 2. The molecule has 0 aliphatic rings. The molecular formula is C21H17F3N8O4S. The van der Waals surface area contributed by atoms with Gasteiger partial charge in [-0.25, -0.2) is 24.5 Å². The molecule has 0 atom stereocenters. The first-order valence-corrected chi connectivity index (χ1v) is 11.3. The highest BCUT2D eigenvalue weighted by Gasteiger charge is 2.34. The van der Waals surface area contributed by atoms with Crippen LogP contribution in [0.3, 0.4) is 0 Å². The lowest BCUT2D eigenvalue weighted by Gasteiger charge is -2.11. The largest absolute Gasteiger partial charge is 0.465 e. The van der Waals surface area contributed by atoms with Crippen molar-refractivity contribution in [2.45, 2.75) is 13.1 Å². The van der Waals surface area contributed by atoms with Crippen molar-refractivity contribution in [1.82, 2.24) is 30.5 Å². The number of carboxylic acid groups (broad SMARTS) is 1. The molecule has 0 radical (unpaired) electrons. The van der Waals surface area contributed by atoms with Crippen molar-refractivity contribution in [3.63, 3.8) is 0 Å². The Hall–Kier alpha value is -4.60. The van der Waals surface area contributed by atoms with Crippen molar-refractivity contribution in [1.29, 1.82) is 0 Å². The van der Waals surface area contributed by atoms with Crippen LogP contribution in [-0.4, -0.2) is 56.0 Å². The predicted octanol–water partition coefficient (Wildman–Crippen LogP) is 4.59. The normalized spacial score (nSPS) is 11.3. The van der Waals surface area contributed by atoms with Gasteiger partial charge in [-0.2, -0.15) is 13.2 Å². The molecule has 0 aliphatic heterocycles. The van der Waals surface area contributed by atoms with Gasteiger partial charge >= 0.3 is 24.3 Å². The topological polar surface area (TPSA) is 159 Å². The molecule has 0 saturated heterocycles. The molecule has 4 heterocycles. The molecule has 3 amide bonds. The van der Waals surface area contributed by atoms with E-state index in [-0.39, 0.29) is 28.3 Å². The number of hydrogen-bond acceptors (Lipinski definition) is 9. The second-order valence-electron chi connectivity index (χ2n) is 7.33. The van der Waals surface area contributed by atoms with Crippen LogP contribution in [-0.2, 0) is 6.18 Å². The van der Waals surface area contributed by atoms with Gasteiger partial charge in [0.15, 0.2) is 5.69 Å². The molecule has 12 nitrogen and oxygen atoms in total. The summed E-state index contributed by atoms with van der Waals surface area (Å²) >= 11 is 0.776. The summed E-state index contributed by atoms with van der Waals surface area (Å²) in [5, 5.41) is 22.6. The van der Waals surface area contributed by atoms with E-state index in [0.29, 0.717) is 23.2 Å². The number of urea groups is 1. The maximum Gasteiger partial charge on any atom is 0.434 e. The molecule has 0 fully saturated rings. The Morgan fingerprint density at radius 1 is 1.14 bits per heavy atom. The number of rotatable bonds is 6. The molecule has 4 rings (SSSR count). The van der Waals surface area contributed by atoms with Gasteiger partial charge in [0.1, 0.15) is 10.8 Å². The Balaban J connectivity index is 1.77. The van der Waals surface area contributed by atoms with E-state index in [9.17, 15) is 22.8 Å². The average molecular weight is 534 g/mol. The highest BCUT2D eigenvalue weighted by atomic mass is 32.1. The van der Waals surface area contributed by atoms with Crippen molar-refractivity contribution >= 4 is 35.3 Å². The van der Waals surface area contributed by atoms with E-state index in [0.717, 1.165) is 21.6 Å². The first kappa shape index (κ1) is 25.5. The van der Waals surface area contributed by atoms with Gasteiger partial charge in [0.25, 0.3) is 5.89 Å². The number of anilines is 2. The van der Waals surface area contributed by atoms with E-state index in [2.05, 4.69) is 35.8 Å². The summed E-state index contributed by atoms with van der Waals surface area (Å²) in [6.45, 7) is 2.08. The van der Waals surface area contributed by atoms with Crippen molar-refractivity contribution in [2.24, 2.45) is 0 Å². The zero-order valence-corrected chi connectivity index (χ0v) is 19.9. The number of nitrogens with zero attached hydrogens (tertiary/aromatic N) is 6. The number of hydrogen-bond donors (Lipinski definition) is 3. The second kappa shape index (κ2) is 10.2. The fraction of sp³-hybridized carbons (Fsp3) is 0.190. The minimum atomic E-state index is -4.63. The van der Waals surface area contributed by atoms with Crippen molar-refractivity contribution in [2.75, 3.05) is 23.8 Å². The van der Waals surface area contributed by atoms with Crippen molar-refractivity contribution in [3.05, 3.63) is 41.8 Å². The summed E-state index contributed by atoms with van der Waals surface area (Å²) in [5.74, 6) is 0.0610. The zero-order valence-electron chi connectivity index (χ0n) is 19.1. The molecule has 3 N–H and O–H groups in total. The van der Waals surface area contributed by atoms with Gasteiger partial charge < -0.3 is 14.8 Å². The molecule has 0 spiro atoms. The maximum absolute atomic E-state index is 13.2.